The fraction of sp³-hybridized carbons (Fsp3) is 0.909. The third kappa shape index (κ3) is 5.22. The fourth-order valence-electron chi connectivity index (χ4n) is 0.870. The first-order valence-corrected chi connectivity index (χ1v) is 5.20. The van der Waals surface area contributed by atoms with Gasteiger partial charge in [0.25, 0.3) is 0 Å². The lowest BCUT2D eigenvalue weighted by molar-refractivity contribution is -0.149. The van der Waals surface area contributed by atoms with Crippen LogP contribution in [0.15, 0.2) is 0 Å². The molecular formula is C11H23NO2. The normalized spacial score (nSPS) is 16.1. The average Bonchev–Trinajstić information content (AvgIpc) is 2.10. The van der Waals surface area contributed by atoms with Crippen LogP contribution < -0.4 is 5.73 Å². The smallest absolute Gasteiger partial charge is 0.323 e. The number of carbonyl (C=O) groups excluding carboxylic acids is 1. The maximum Gasteiger partial charge on any atom is 0.323 e. The van der Waals surface area contributed by atoms with Crippen molar-refractivity contribution < 1.29 is 9.53 Å². The molecule has 0 unspecified atom stereocenters. The summed E-state index contributed by atoms with van der Waals surface area (Å²) in [6, 6.07) is -0.484. The molecule has 3 nitrogen and oxygen atoms in total. The van der Waals surface area contributed by atoms with Gasteiger partial charge >= 0.3 is 5.97 Å². The zero-order valence-electron chi connectivity index (χ0n) is 9.96. The second kappa shape index (κ2) is 5.35. The van der Waals surface area contributed by atoms with Crippen molar-refractivity contribution in [2.24, 2.45) is 17.1 Å². The van der Waals surface area contributed by atoms with E-state index >= 15 is 0 Å². The van der Waals surface area contributed by atoms with E-state index in [4.69, 9.17) is 10.5 Å². The first-order valence-electron chi connectivity index (χ1n) is 5.20. The predicted molar refractivity (Wildman–Crippen MR) is 57.8 cm³/mol. The molecule has 0 fully saturated rings. The topological polar surface area (TPSA) is 52.3 Å². The van der Waals surface area contributed by atoms with Crippen LogP contribution in [0.4, 0.5) is 0 Å². The molecule has 2 atom stereocenters. The molecule has 0 aromatic carbocycles. The Balaban J connectivity index is 3.97. The van der Waals surface area contributed by atoms with Crippen molar-refractivity contribution in [1.82, 2.24) is 0 Å². The molecule has 84 valence electrons. The largest absolute Gasteiger partial charge is 0.464 e. The van der Waals surface area contributed by atoms with Crippen LogP contribution >= 0.6 is 0 Å². The lowest BCUT2D eigenvalue weighted by Crippen LogP contribution is -2.39. The first-order chi connectivity index (χ1) is 6.28. The summed E-state index contributed by atoms with van der Waals surface area (Å²) in [6.07, 6.45) is 0.895. The molecule has 0 spiro atoms. The van der Waals surface area contributed by atoms with E-state index < -0.39 is 6.04 Å². The van der Waals surface area contributed by atoms with Crippen LogP contribution in [-0.4, -0.2) is 18.6 Å². The van der Waals surface area contributed by atoms with E-state index in [1.807, 2.05) is 34.6 Å². The van der Waals surface area contributed by atoms with Crippen molar-refractivity contribution in [3.8, 4) is 0 Å². The maximum atomic E-state index is 11.4. The molecule has 0 rings (SSSR count). The van der Waals surface area contributed by atoms with Gasteiger partial charge in [0.15, 0.2) is 0 Å². The van der Waals surface area contributed by atoms with Gasteiger partial charge < -0.3 is 10.5 Å². The van der Waals surface area contributed by atoms with Gasteiger partial charge in [-0.05, 0) is 11.3 Å². The molecule has 0 aliphatic heterocycles. The average molecular weight is 201 g/mol. The molecule has 2 N–H and O–H groups in total. The second-order valence-corrected chi connectivity index (χ2v) is 5.08. The fourth-order valence-corrected chi connectivity index (χ4v) is 0.870. The van der Waals surface area contributed by atoms with Gasteiger partial charge in [-0.3, -0.25) is 4.79 Å². The Bertz CT molecular complexity index is 184. The third-order valence-electron chi connectivity index (χ3n) is 2.18. The lowest BCUT2D eigenvalue weighted by Gasteiger charge is -2.21. The van der Waals surface area contributed by atoms with Crippen LogP contribution in [0, 0.1) is 11.3 Å². The van der Waals surface area contributed by atoms with Gasteiger partial charge in [-0.1, -0.05) is 41.0 Å². The number of rotatable bonds is 4. The van der Waals surface area contributed by atoms with E-state index in [9.17, 15) is 4.79 Å². The Hall–Kier alpha value is -0.570. The summed E-state index contributed by atoms with van der Waals surface area (Å²) in [5.74, 6) is -0.100. The zero-order valence-corrected chi connectivity index (χ0v) is 9.96. The van der Waals surface area contributed by atoms with E-state index in [1.165, 1.54) is 0 Å². The lowest BCUT2D eigenvalue weighted by atomic mass is 9.98. The Morgan fingerprint density at radius 1 is 1.43 bits per heavy atom. The Morgan fingerprint density at radius 2 is 1.93 bits per heavy atom. The summed E-state index contributed by atoms with van der Waals surface area (Å²) in [5.41, 5.74) is 5.73. The molecule has 3 heteroatoms. The maximum absolute atomic E-state index is 11.4. The van der Waals surface area contributed by atoms with Crippen LogP contribution in [0.1, 0.15) is 41.0 Å². The Kier molecular flexibility index (Phi) is 5.13. The number of hydrogen-bond donors (Lipinski definition) is 1. The molecule has 0 bridgehead atoms. The minimum atomic E-state index is -0.484. The molecule has 0 radical (unpaired) electrons. The zero-order chi connectivity index (χ0) is 11.4. The molecule has 0 aromatic rings. The predicted octanol–water partition coefficient (Wildman–Crippen LogP) is 1.95. The van der Waals surface area contributed by atoms with E-state index in [0.717, 1.165) is 6.42 Å². The van der Waals surface area contributed by atoms with Gasteiger partial charge in [-0.2, -0.15) is 0 Å². The standard InChI is InChI=1S/C11H23NO2/c1-6-8(2)9(12)10(13)14-7-11(3,4)5/h8-9H,6-7,12H2,1-5H3/t8-,9-/m0/s1. The van der Waals surface area contributed by atoms with E-state index in [2.05, 4.69) is 0 Å². The van der Waals surface area contributed by atoms with Crippen LogP contribution in [0.3, 0.4) is 0 Å². The third-order valence-corrected chi connectivity index (χ3v) is 2.18. The summed E-state index contributed by atoms with van der Waals surface area (Å²) in [7, 11) is 0. The molecule has 0 aliphatic carbocycles. The van der Waals surface area contributed by atoms with Gasteiger partial charge in [-0.15, -0.1) is 0 Å². The van der Waals surface area contributed by atoms with Gasteiger partial charge in [0.2, 0.25) is 0 Å². The molecule has 0 amide bonds. The quantitative estimate of drug-likeness (QED) is 0.707. The highest BCUT2D eigenvalue weighted by atomic mass is 16.5. The highest BCUT2D eigenvalue weighted by Crippen LogP contribution is 2.14. The van der Waals surface area contributed by atoms with Crippen LogP contribution in [0.25, 0.3) is 0 Å². The second-order valence-electron chi connectivity index (χ2n) is 5.08. The van der Waals surface area contributed by atoms with Gasteiger partial charge in [-0.25, -0.2) is 0 Å². The molecule has 0 aliphatic rings. The summed E-state index contributed by atoms with van der Waals surface area (Å²) >= 11 is 0. The SMILES string of the molecule is CC[C@H](C)[C@H](N)C(=O)OCC(C)(C)C. The summed E-state index contributed by atoms with van der Waals surface area (Å²) < 4.78 is 5.13. The minimum absolute atomic E-state index is 0.00479. The Labute approximate surface area is 87.0 Å². The number of nitrogens with two attached hydrogens (primary N) is 1. The molecule has 0 heterocycles. The van der Waals surface area contributed by atoms with Crippen LogP contribution in [0.2, 0.25) is 0 Å². The number of hydrogen-bond acceptors (Lipinski definition) is 3. The van der Waals surface area contributed by atoms with Gasteiger partial charge in [0.05, 0.1) is 6.61 Å². The molecular weight excluding hydrogens is 178 g/mol. The van der Waals surface area contributed by atoms with Crippen molar-refractivity contribution >= 4 is 5.97 Å². The van der Waals surface area contributed by atoms with Gasteiger partial charge in [0, 0.05) is 0 Å². The monoisotopic (exact) mass is 201 g/mol. The first kappa shape index (κ1) is 13.4. The summed E-state index contributed by atoms with van der Waals surface area (Å²) in [5, 5.41) is 0. The minimum Gasteiger partial charge on any atom is -0.464 e. The van der Waals surface area contributed by atoms with Crippen molar-refractivity contribution in [3.63, 3.8) is 0 Å². The summed E-state index contributed by atoms with van der Waals surface area (Å²) in [6.45, 7) is 10.5. The van der Waals surface area contributed by atoms with E-state index in [-0.39, 0.29) is 17.3 Å². The van der Waals surface area contributed by atoms with Crippen molar-refractivity contribution in [2.75, 3.05) is 6.61 Å². The highest BCUT2D eigenvalue weighted by Gasteiger charge is 2.22. The van der Waals surface area contributed by atoms with E-state index in [1.54, 1.807) is 0 Å². The highest BCUT2D eigenvalue weighted by molar-refractivity contribution is 5.75. The molecule has 0 aromatic heterocycles. The van der Waals surface area contributed by atoms with E-state index in [0.29, 0.717) is 6.61 Å². The van der Waals surface area contributed by atoms with Gasteiger partial charge in [0.1, 0.15) is 6.04 Å². The van der Waals surface area contributed by atoms with Crippen molar-refractivity contribution in [3.05, 3.63) is 0 Å². The Morgan fingerprint density at radius 3 is 2.29 bits per heavy atom. The summed E-state index contributed by atoms with van der Waals surface area (Å²) in [4.78, 5) is 11.4. The molecule has 0 saturated heterocycles. The van der Waals surface area contributed by atoms with Crippen LogP contribution in [0.5, 0.6) is 0 Å². The number of esters is 1. The van der Waals surface area contributed by atoms with Crippen LogP contribution in [-0.2, 0) is 9.53 Å². The molecule has 0 saturated carbocycles. The number of carbonyl (C=O) groups is 1. The molecule has 14 heavy (non-hydrogen) atoms. The van der Waals surface area contributed by atoms with Crippen molar-refractivity contribution in [2.45, 2.75) is 47.1 Å². The number of ether oxygens (including phenoxy) is 1. The van der Waals surface area contributed by atoms with Crippen molar-refractivity contribution in [1.29, 1.82) is 0 Å².